The van der Waals surface area contributed by atoms with E-state index in [0.29, 0.717) is 24.1 Å². The van der Waals surface area contributed by atoms with E-state index >= 15 is 0 Å². The molecule has 5 nitrogen and oxygen atoms in total. The fourth-order valence-electron chi connectivity index (χ4n) is 2.13. The van der Waals surface area contributed by atoms with Gasteiger partial charge in [0.25, 0.3) is 5.91 Å². The number of hydrogen-bond donors (Lipinski definition) is 3. The number of carbonyl (C=O) groups excluding carboxylic acids is 1. The Morgan fingerprint density at radius 1 is 1.38 bits per heavy atom. The van der Waals surface area contributed by atoms with Crippen LogP contribution in [-0.2, 0) is 0 Å². The molecule has 0 aliphatic heterocycles. The summed E-state index contributed by atoms with van der Waals surface area (Å²) in [4.78, 5) is 14.9. The highest BCUT2D eigenvalue weighted by molar-refractivity contribution is 5.94. The van der Waals surface area contributed by atoms with Crippen LogP contribution in [0.15, 0.2) is 42.6 Å². The predicted octanol–water partition coefficient (Wildman–Crippen LogP) is 2.13. The van der Waals surface area contributed by atoms with Crippen molar-refractivity contribution < 1.29 is 9.90 Å². The van der Waals surface area contributed by atoms with E-state index in [1.165, 1.54) is 12.3 Å². The number of aliphatic hydroxyl groups is 1. The van der Waals surface area contributed by atoms with E-state index < -0.39 is 0 Å². The Morgan fingerprint density at radius 3 is 2.76 bits per heavy atom. The quantitative estimate of drug-likeness (QED) is 0.758. The number of amides is 1. The predicted molar refractivity (Wildman–Crippen MR) is 78.5 cm³/mol. The van der Waals surface area contributed by atoms with E-state index in [-0.39, 0.29) is 18.6 Å². The van der Waals surface area contributed by atoms with E-state index in [4.69, 9.17) is 10.4 Å². The molecule has 0 radical (unpaired) electrons. The van der Waals surface area contributed by atoms with Gasteiger partial charge in [0.15, 0.2) is 0 Å². The highest BCUT2D eigenvalue weighted by Crippen LogP contribution is 2.19. The Kier molecular flexibility index (Phi) is 5.13. The standard InChI is InChI=1S/C16H17N3O2/c17-10-14-9-13(11-18-14)16(21)19-15(7-4-8-20)12-5-2-1-3-6-12/h1-3,5-6,9,11,15,18,20H,4,7-8H2,(H,19,21). The second-order valence-electron chi connectivity index (χ2n) is 4.72. The molecule has 0 bridgehead atoms. The smallest absolute Gasteiger partial charge is 0.253 e. The molecule has 21 heavy (non-hydrogen) atoms. The summed E-state index contributed by atoms with van der Waals surface area (Å²) in [6.45, 7) is 0.0853. The molecule has 1 amide bonds. The van der Waals surface area contributed by atoms with Gasteiger partial charge in [-0.05, 0) is 24.5 Å². The number of benzene rings is 1. The van der Waals surface area contributed by atoms with Crippen LogP contribution in [0.3, 0.4) is 0 Å². The molecule has 1 aromatic heterocycles. The van der Waals surface area contributed by atoms with Crippen molar-refractivity contribution in [2.24, 2.45) is 0 Å². The fraction of sp³-hybridized carbons (Fsp3) is 0.250. The van der Waals surface area contributed by atoms with Gasteiger partial charge in [0.1, 0.15) is 11.8 Å². The van der Waals surface area contributed by atoms with Gasteiger partial charge in [-0.1, -0.05) is 30.3 Å². The van der Waals surface area contributed by atoms with Gasteiger partial charge in [-0.2, -0.15) is 5.26 Å². The summed E-state index contributed by atoms with van der Waals surface area (Å²) in [5.74, 6) is -0.237. The van der Waals surface area contributed by atoms with Crippen molar-refractivity contribution in [2.75, 3.05) is 6.61 Å². The molecule has 0 fully saturated rings. The summed E-state index contributed by atoms with van der Waals surface area (Å²) in [6, 6.07) is 12.9. The normalized spacial score (nSPS) is 11.6. The van der Waals surface area contributed by atoms with Crippen molar-refractivity contribution in [3.05, 3.63) is 59.4 Å². The number of nitrogens with one attached hydrogen (secondary N) is 2. The maximum absolute atomic E-state index is 12.2. The second-order valence-corrected chi connectivity index (χ2v) is 4.72. The Labute approximate surface area is 123 Å². The van der Waals surface area contributed by atoms with Crippen LogP contribution in [0.25, 0.3) is 0 Å². The average molecular weight is 283 g/mol. The largest absolute Gasteiger partial charge is 0.396 e. The van der Waals surface area contributed by atoms with E-state index in [0.717, 1.165) is 5.56 Å². The van der Waals surface area contributed by atoms with Crippen molar-refractivity contribution in [3.8, 4) is 6.07 Å². The molecular formula is C16H17N3O2. The lowest BCUT2D eigenvalue weighted by molar-refractivity contribution is 0.0932. The Hall–Kier alpha value is -2.58. The topological polar surface area (TPSA) is 88.9 Å². The first-order valence-corrected chi connectivity index (χ1v) is 6.79. The van der Waals surface area contributed by atoms with Gasteiger partial charge < -0.3 is 15.4 Å². The summed E-state index contributed by atoms with van der Waals surface area (Å²) in [6.07, 6.45) is 2.78. The minimum Gasteiger partial charge on any atom is -0.396 e. The van der Waals surface area contributed by atoms with Gasteiger partial charge in [0.05, 0.1) is 11.6 Å². The summed E-state index contributed by atoms with van der Waals surface area (Å²) in [5, 5.41) is 20.7. The molecule has 1 heterocycles. The molecule has 1 unspecified atom stereocenters. The van der Waals surface area contributed by atoms with Gasteiger partial charge in [-0.15, -0.1) is 0 Å². The van der Waals surface area contributed by atoms with Crippen LogP contribution < -0.4 is 5.32 Å². The summed E-state index contributed by atoms with van der Waals surface area (Å²) in [7, 11) is 0. The maximum Gasteiger partial charge on any atom is 0.253 e. The van der Waals surface area contributed by atoms with Crippen LogP contribution in [-0.4, -0.2) is 22.6 Å². The van der Waals surface area contributed by atoms with Gasteiger partial charge in [-0.3, -0.25) is 4.79 Å². The molecule has 108 valence electrons. The molecule has 0 saturated carbocycles. The number of hydrogen-bond acceptors (Lipinski definition) is 3. The molecule has 0 aliphatic rings. The Balaban J connectivity index is 2.11. The Morgan fingerprint density at radius 2 is 2.14 bits per heavy atom. The van der Waals surface area contributed by atoms with E-state index in [2.05, 4.69) is 10.3 Å². The average Bonchev–Trinajstić information content (AvgIpc) is 3.01. The van der Waals surface area contributed by atoms with E-state index in [9.17, 15) is 4.79 Å². The van der Waals surface area contributed by atoms with Crippen molar-refractivity contribution in [2.45, 2.75) is 18.9 Å². The summed E-state index contributed by atoms with van der Waals surface area (Å²) in [5.41, 5.74) is 1.78. The second kappa shape index (κ2) is 7.27. The number of nitrogens with zero attached hydrogens (tertiary/aromatic N) is 1. The minimum absolute atomic E-state index is 0.0853. The molecule has 1 atom stereocenters. The van der Waals surface area contributed by atoms with Crippen LogP contribution in [0.5, 0.6) is 0 Å². The van der Waals surface area contributed by atoms with Crippen molar-refractivity contribution in [1.29, 1.82) is 5.26 Å². The first-order chi connectivity index (χ1) is 10.2. The van der Waals surface area contributed by atoms with Crippen molar-refractivity contribution in [1.82, 2.24) is 10.3 Å². The lowest BCUT2D eigenvalue weighted by Gasteiger charge is -2.18. The number of carbonyl (C=O) groups is 1. The third kappa shape index (κ3) is 3.94. The zero-order chi connectivity index (χ0) is 15.1. The summed E-state index contributed by atoms with van der Waals surface area (Å²) < 4.78 is 0. The highest BCUT2D eigenvalue weighted by Gasteiger charge is 2.16. The van der Waals surface area contributed by atoms with Crippen molar-refractivity contribution >= 4 is 5.91 Å². The zero-order valence-electron chi connectivity index (χ0n) is 11.5. The van der Waals surface area contributed by atoms with Gasteiger partial charge in [0.2, 0.25) is 0 Å². The minimum atomic E-state index is -0.237. The number of aromatic amines is 1. The van der Waals surface area contributed by atoms with Gasteiger partial charge >= 0.3 is 0 Å². The molecule has 5 heteroatoms. The lowest BCUT2D eigenvalue weighted by Crippen LogP contribution is -2.28. The van der Waals surface area contributed by atoms with Crippen LogP contribution in [0.1, 0.15) is 40.5 Å². The molecule has 1 aromatic carbocycles. The van der Waals surface area contributed by atoms with Crippen molar-refractivity contribution in [3.63, 3.8) is 0 Å². The number of aliphatic hydroxyl groups excluding tert-OH is 1. The van der Waals surface area contributed by atoms with Gasteiger partial charge in [-0.25, -0.2) is 0 Å². The summed E-state index contributed by atoms with van der Waals surface area (Å²) >= 11 is 0. The van der Waals surface area contributed by atoms with Crippen LogP contribution >= 0.6 is 0 Å². The Bertz CT molecular complexity index is 628. The molecule has 2 aromatic rings. The molecule has 2 rings (SSSR count). The molecule has 0 spiro atoms. The SMILES string of the molecule is N#Cc1cc(C(=O)NC(CCCO)c2ccccc2)c[nH]1. The van der Waals surface area contributed by atoms with E-state index in [1.54, 1.807) is 0 Å². The highest BCUT2D eigenvalue weighted by atomic mass is 16.3. The molecule has 3 N–H and O–H groups in total. The number of rotatable bonds is 6. The number of H-pyrrole nitrogens is 1. The zero-order valence-corrected chi connectivity index (χ0v) is 11.5. The number of nitriles is 1. The fourth-order valence-corrected chi connectivity index (χ4v) is 2.13. The van der Waals surface area contributed by atoms with Crippen LogP contribution in [0.2, 0.25) is 0 Å². The van der Waals surface area contributed by atoms with E-state index in [1.807, 2.05) is 36.4 Å². The lowest BCUT2D eigenvalue weighted by atomic mass is 10.0. The molecule has 0 aliphatic carbocycles. The first kappa shape index (κ1) is 14.8. The third-order valence-electron chi connectivity index (χ3n) is 3.22. The number of aromatic nitrogens is 1. The monoisotopic (exact) mass is 283 g/mol. The van der Waals surface area contributed by atoms with Gasteiger partial charge in [0, 0.05) is 12.8 Å². The van der Waals surface area contributed by atoms with Crippen LogP contribution in [0.4, 0.5) is 0 Å². The molecule has 0 saturated heterocycles. The first-order valence-electron chi connectivity index (χ1n) is 6.79. The molecular weight excluding hydrogens is 266 g/mol. The third-order valence-corrected chi connectivity index (χ3v) is 3.22. The van der Waals surface area contributed by atoms with Crippen LogP contribution in [0, 0.1) is 11.3 Å². The maximum atomic E-state index is 12.2.